The molecule has 100 valence electrons. The lowest BCUT2D eigenvalue weighted by Gasteiger charge is -2.13. The van der Waals surface area contributed by atoms with Crippen LogP contribution in [-0.4, -0.2) is 6.10 Å². The molecule has 0 saturated carbocycles. The first kappa shape index (κ1) is 13.7. The minimum absolute atomic E-state index is 0.0955. The van der Waals surface area contributed by atoms with Gasteiger partial charge in [-0.05, 0) is 41.9 Å². The predicted molar refractivity (Wildman–Crippen MR) is 80.8 cm³/mol. The van der Waals surface area contributed by atoms with Crippen LogP contribution < -0.4 is 15.2 Å². The summed E-state index contributed by atoms with van der Waals surface area (Å²) in [6.45, 7) is 3.94. The highest BCUT2D eigenvalue weighted by Crippen LogP contribution is 2.32. The number of para-hydroxylation sites is 1. The van der Waals surface area contributed by atoms with Crippen molar-refractivity contribution >= 4 is 21.6 Å². The van der Waals surface area contributed by atoms with Gasteiger partial charge in [0.25, 0.3) is 0 Å². The van der Waals surface area contributed by atoms with Crippen molar-refractivity contribution in [1.82, 2.24) is 0 Å². The van der Waals surface area contributed by atoms with E-state index in [0.717, 1.165) is 10.2 Å². The van der Waals surface area contributed by atoms with Crippen molar-refractivity contribution < 1.29 is 9.47 Å². The van der Waals surface area contributed by atoms with Crippen LogP contribution in [0.3, 0.4) is 0 Å². The summed E-state index contributed by atoms with van der Waals surface area (Å²) in [4.78, 5) is 0. The van der Waals surface area contributed by atoms with E-state index in [1.165, 1.54) is 0 Å². The number of hydrogen-bond donors (Lipinski definition) is 1. The van der Waals surface area contributed by atoms with E-state index in [1.807, 2.05) is 44.2 Å². The Hall–Kier alpha value is -1.68. The molecule has 0 unspecified atom stereocenters. The second kappa shape index (κ2) is 5.97. The van der Waals surface area contributed by atoms with Gasteiger partial charge < -0.3 is 15.2 Å². The molecule has 0 aliphatic rings. The Kier molecular flexibility index (Phi) is 4.32. The third-order valence-electron chi connectivity index (χ3n) is 2.34. The molecule has 0 aromatic heterocycles. The smallest absolute Gasteiger partial charge is 0.141 e. The van der Waals surface area contributed by atoms with Crippen LogP contribution in [-0.2, 0) is 0 Å². The number of ether oxygens (including phenoxy) is 2. The number of benzene rings is 2. The zero-order valence-corrected chi connectivity index (χ0v) is 12.5. The van der Waals surface area contributed by atoms with Gasteiger partial charge in [0, 0.05) is 23.9 Å². The van der Waals surface area contributed by atoms with Crippen LogP contribution in [0.2, 0.25) is 0 Å². The zero-order chi connectivity index (χ0) is 13.8. The van der Waals surface area contributed by atoms with Gasteiger partial charge in [-0.1, -0.05) is 12.1 Å². The maximum atomic E-state index is 5.86. The summed E-state index contributed by atoms with van der Waals surface area (Å²) < 4.78 is 12.3. The molecule has 0 fully saturated rings. The fraction of sp³-hybridized carbons (Fsp3) is 0.200. The molecular weight excluding hydrogens is 306 g/mol. The molecule has 2 rings (SSSR count). The van der Waals surface area contributed by atoms with Crippen molar-refractivity contribution in [3.8, 4) is 17.2 Å². The van der Waals surface area contributed by atoms with E-state index in [1.54, 1.807) is 12.1 Å². The summed E-state index contributed by atoms with van der Waals surface area (Å²) in [7, 11) is 0. The molecule has 0 bridgehead atoms. The van der Waals surface area contributed by atoms with E-state index in [-0.39, 0.29) is 6.10 Å². The SMILES string of the molecule is CC(C)Oc1cc(N)cc(Oc2ccccc2Br)c1. The Balaban J connectivity index is 2.25. The Morgan fingerprint density at radius 2 is 1.74 bits per heavy atom. The average molecular weight is 322 g/mol. The molecule has 0 amide bonds. The standard InChI is InChI=1S/C15H16BrNO2/c1-10(2)18-12-7-11(17)8-13(9-12)19-15-6-4-3-5-14(15)16/h3-10H,17H2,1-2H3. The van der Waals surface area contributed by atoms with Gasteiger partial charge >= 0.3 is 0 Å². The van der Waals surface area contributed by atoms with Gasteiger partial charge in [-0.15, -0.1) is 0 Å². The summed E-state index contributed by atoms with van der Waals surface area (Å²) in [5.74, 6) is 2.10. The van der Waals surface area contributed by atoms with Crippen LogP contribution in [0.4, 0.5) is 5.69 Å². The molecule has 4 heteroatoms. The van der Waals surface area contributed by atoms with Gasteiger partial charge in [-0.3, -0.25) is 0 Å². The van der Waals surface area contributed by atoms with Gasteiger partial charge in [0.1, 0.15) is 17.2 Å². The highest BCUT2D eigenvalue weighted by atomic mass is 79.9. The molecule has 0 saturated heterocycles. The van der Waals surface area contributed by atoms with Crippen molar-refractivity contribution in [3.05, 3.63) is 46.9 Å². The second-order valence-corrected chi connectivity index (χ2v) is 5.29. The van der Waals surface area contributed by atoms with Crippen LogP contribution in [0.1, 0.15) is 13.8 Å². The fourth-order valence-corrected chi connectivity index (χ4v) is 2.01. The molecule has 0 radical (unpaired) electrons. The molecule has 2 aromatic carbocycles. The Morgan fingerprint density at radius 3 is 2.42 bits per heavy atom. The van der Waals surface area contributed by atoms with Gasteiger partial charge in [0.2, 0.25) is 0 Å². The van der Waals surface area contributed by atoms with Gasteiger partial charge in [-0.25, -0.2) is 0 Å². The van der Waals surface area contributed by atoms with Gasteiger partial charge in [0.05, 0.1) is 10.6 Å². The van der Waals surface area contributed by atoms with Gasteiger partial charge in [0.15, 0.2) is 0 Å². The Morgan fingerprint density at radius 1 is 1.05 bits per heavy atom. The molecular formula is C15H16BrNO2. The van der Waals surface area contributed by atoms with Crippen LogP contribution in [0.5, 0.6) is 17.2 Å². The van der Waals surface area contributed by atoms with Crippen molar-refractivity contribution in [2.24, 2.45) is 0 Å². The summed E-state index contributed by atoms with van der Waals surface area (Å²) >= 11 is 3.44. The third kappa shape index (κ3) is 3.89. The molecule has 2 aromatic rings. The normalized spacial score (nSPS) is 10.5. The minimum atomic E-state index is 0.0955. The highest BCUT2D eigenvalue weighted by Gasteiger charge is 2.06. The van der Waals surface area contributed by atoms with E-state index < -0.39 is 0 Å². The largest absolute Gasteiger partial charge is 0.491 e. The van der Waals surface area contributed by atoms with Crippen LogP contribution in [0, 0.1) is 0 Å². The molecule has 2 N–H and O–H groups in total. The number of nitrogens with two attached hydrogens (primary N) is 1. The minimum Gasteiger partial charge on any atom is -0.491 e. The predicted octanol–water partition coefficient (Wildman–Crippen LogP) is 4.61. The Bertz CT molecular complexity index is 570. The van der Waals surface area contributed by atoms with Crippen LogP contribution in [0.25, 0.3) is 0 Å². The monoisotopic (exact) mass is 321 g/mol. The van der Waals surface area contributed by atoms with E-state index in [2.05, 4.69) is 15.9 Å². The summed E-state index contributed by atoms with van der Waals surface area (Å²) in [5, 5.41) is 0. The van der Waals surface area contributed by atoms with Gasteiger partial charge in [-0.2, -0.15) is 0 Å². The first-order chi connectivity index (χ1) is 9.04. The first-order valence-corrected chi connectivity index (χ1v) is 6.83. The topological polar surface area (TPSA) is 44.5 Å². The average Bonchev–Trinajstić information content (AvgIpc) is 2.30. The maximum Gasteiger partial charge on any atom is 0.141 e. The van der Waals surface area contributed by atoms with E-state index in [9.17, 15) is 0 Å². The third-order valence-corrected chi connectivity index (χ3v) is 2.99. The molecule has 0 spiro atoms. The summed E-state index contributed by atoms with van der Waals surface area (Å²) in [5.41, 5.74) is 6.47. The summed E-state index contributed by atoms with van der Waals surface area (Å²) in [6.07, 6.45) is 0.0955. The van der Waals surface area contributed by atoms with E-state index >= 15 is 0 Å². The highest BCUT2D eigenvalue weighted by molar-refractivity contribution is 9.10. The molecule has 0 atom stereocenters. The lowest BCUT2D eigenvalue weighted by atomic mass is 10.2. The summed E-state index contributed by atoms with van der Waals surface area (Å²) in [6, 6.07) is 13.0. The number of nitrogen functional groups attached to an aromatic ring is 1. The number of rotatable bonds is 4. The molecule has 3 nitrogen and oxygen atoms in total. The van der Waals surface area contributed by atoms with Crippen molar-refractivity contribution in [1.29, 1.82) is 0 Å². The lowest BCUT2D eigenvalue weighted by Crippen LogP contribution is -2.05. The second-order valence-electron chi connectivity index (χ2n) is 4.44. The van der Waals surface area contributed by atoms with Crippen molar-refractivity contribution in [2.75, 3.05) is 5.73 Å². The van der Waals surface area contributed by atoms with Crippen LogP contribution in [0.15, 0.2) is 46.9 Å². The lowest BCUT2D eigenvalue weighted by molar-refractivity contribution is 0.242. The maximum absolute atomic E-state index is 5.86. The fourth-order valence-electron chi connectivity index (χ4n) is 1.65. The van der Waals surface area contributed by atoms with Crippen molar-refractivity contribution in [2.45, 2.75) is 20.0 Å². The molecule has 0 aliphatic carbocycles. The zero-order valence-electron chi connectivity index (χ0n) is 10.9. The van der Waals surface area contributed by atoms with Crippen molar-refractivity contribution in [3.63, 3.8) is 0 Å². The van der Waals surface area contributed by atoms with E-state index in [0.29, 0.717) is 17.2 Å². The molecule has 0 heterocycles. The quantitative estimate of drug-likeness (QED) is 0.836. The Labute approximate surface area is 121 Å². The van der Waals surface area contributed by atoms with Crippen LogP contribution >= 0.6 is 15.9 Å². The number of halogens is 1. The molecule has 0 aliphatic heterocycles. The molecule has 19 heavy (non-hydrogen) atoms. The first-order valence-electron chi connectivity index (χ1n) is 6.04. The van der Waals surface area contributed by atoms with E-state index in [4.69, 9.17) is 15.2 Å². The number of anilines is 1. The number of hydrogen-bond acceptors (Lipinski definition) is 3.